The van der Waals surface area contributed by atoms with E-state index in [1.807, 2.05) is 16.9 Å². The van der Waals surface area contributed by atoms with Gasteiger partial charge in [-0.3, -0.25) is 4.79 Å². The molecule has 1 saturated heterocycles. The van der Waals surface area contributed by atoms with Crippen LogP contribution in [0.3, 0.4) is 0 Å². The van der Waals surface area contributed by atoms with Gasteiger partial charge in [-0.05, 0) is 61.6 Å². The van der Waals surface area contributed by atoms with E-state index in [0.29, 0.717) is 24.5 Å². The van der Waals surface area contributed by atoms with E-state index in [1.54, 1.807) is 0 Å². The van der Waals surface area contributed by atoms with Crippen molar-refractivity contribution < 1.29 is 9.53 Å². The number of halogens is 1. The van der Waals surface area contributed by atoms with Gasteiger partial charge in [-0.25, -0.2) is 4.68 Å². The SMILES string of the molecule is Cc1c(Cl)cc2c(cnn2C2CCCCO2)c1[C@@H]1CC(=O)CC[C@H]1C. The molecule has 0 N–H and O–H groups in total. The van der Waals surface area contributed by atoms with Crippen LogP contribution >= 0.6 is 11.6 Å². The predicted octanol–water partition coefficient (Wildman–Crippen LogP) is 5.17. The summed E-state index contributed by atoms with van der Waals surface area (Å²) in [6.07, 6.45) is 7.46. The fraction of sp³-hybridized carbons (Fsp3) is 0.600. The number of benzene rings is 1. The smallest absolute Gasteiger partial charge is 0.150 e. The van der Waals surface area contributed by atoms with Crippen LogP contribution in [0.25, 0.3) is 10.9 Å². The highest BCUT2D eigenvalue weighted by molar-refractivity contribution is 6.32. The summed E-state index contributed by atoms with van der Waals surface area (Å²) in [5.74, 6) is 1.07. The fourth-order valence-electron chi connectivity index (χ4n) is 4.43. The number of aromatic nitrogens is 2. The van der Waals surface area contributed by atoms with E-state index in [2.05, 4.69) is 18.9 Å². The monoisotopic (exact) mass is 360 g/mol. The zero-order chi connectivity index (χ0) is 17.6. The molecule has 2 heterocycles. The summed E-state index contributed by atoms with van der Waals surface area (Å²) in [7, 11) is 0. The Kier molecular flexibility index (Phi) is 4.59. The molecule has 3 atom stereocenters. The summed E-state index contributed by atoms with van der Waals surface area (Å²) in [4.78, 5) is 12.1. The van der Waals surface area contributed by atoms with Gasteiger partial charge in [0.05, 0.1) is 11.7 Å². The van der Waals surface area contributed by atoms with E-state index in [1.165, 1.54) is 5.56 Å². The Bertz CT molecular complexity index is 808. The maximum Gasteiger partial charge on any atom is 0.150 e. The van der Waals surface area contributed by atoms with E-state index in [0.717, 1.165) is 53.8 Å². The molecule has 1 unspecified atom stereocenters. The number of ether oxygens (including phenoxy) is 1. The molecule has 4 nitrogen and oxygen atoms in total. The van der Waals surface area contributed by atoms with Gasteiger partial charge in [0.15, 0.2) is 6.23 Å². The third-order valence-electron chi connectivity index (χ3n) is 5.96. The molecular formula is C20H25ClN2O2. The fourth-order valence-corrected chi connectivity index (χ4v) is 4.64. The van der Waals surface area contributed by atoms with Gasteiger partial charge in [0.1, 0.15) is 5.78 Å². The molecule has 1 aromatic carbocycles. The standard InChI is InChI=1S/C20H25ClN2O2/c1-12-6-7-14(24)9-15(12)20-13(2)17(21)10-18-16(20)11-22-23(18)19-5-3-4-8-25-19/h10-12,15,19H,3-9H2,1-2H3/t12-,15-,19?/m1/s1. The third-order valence-corrected chi connectivity index (χ3v) is 6.35. The minimum absolute atomic E-state index is 0.0108. The van der Waals surface area contributed by atoms with Crippen LogP contribution in [-0.2, 0) is 9.53 Å². The van der Waals surface area contributed by atoms with Crippen molar-refractivity contribution in [2.45, 2.75) is 64.5 Å². The molecule has 0 bridgehead atoms. The Balaban J connectivity index is 1.84. The molecule has 0 amide bonds. The molecule has 2 aliphatic rings. The highest BCUT2D eigenvalue weighted by Gasteiger charge is 2.31. The first-order valence-corrected chi connectivity index (χ1v) is 9.73. The number of carbonyl (C=O) groups is 1. The van der Waals surface area contributed by atoms with E-state index in [-0.39, 0.29) is 12.1 Å². The second-order valence-electron chi connectivity index (χ2n) is 7.61. The van der Waals surface area contributed by atoms with Crippen molar-refractivity contribution in [3.8, 4) is 0 Å². The first-order chi connectivity index (χ1) is 12.1. The first kappa shape index (κ1) is 17.0. The summed E-state index contributed by atoms with van der Waals surface area (Å²) in [5.41, 5.74) is 3.33. The topological polar surface area (TPSA) is 44.1 Å². The van der Waals surface area contributed by atoms with Crippen molar-refractivity contribution in [1.82, 2.24) is 9.78 Å². The number of Topliss-reactive ketones (excluding diaryl/α,β-unsaturated/α-hetero) is 1. The Labute approximate surface area is 153 Å². The maximum atomic E-state index is 12.1. The Morgan fingerprint density at radius 1 is 1.32 bits per heavy atom. The van der Waals surface area contributed by atoms with E-state index in [9.17, 15) is 4.79 Å². The summed E-state index contributed by atoms with van der Waals surface area (Å²) < 4.78 is 7.91. The lowest BCUT2D eigenvalue weighted by atomic mass is 9.74. The van der Waals surface area contributed by atoms with Crippen LogP contribution in [0.2, 0.25) is 5.02 Å². The second kappa shape index (κ2) is 6.73. The normalized spacial score (nSPS) is 27.8. The third kappa shape index (κ3) is 3.00. The van der Waals surface area contributed by atoms with Gasteiger partial charge < -0.3 is 4.74 Å². The molecule has 1 aliphatic carbocycles. The number of hydrogen-bond acceptors (Lipinski definition) is 3. The number of fused-ring (bicyclic) bond motifs is 1. The molecule has 2 fully saturated rings. The molecule has 0 radical (unpaired) electrons. The van der Waals surface area contributed by atoms with E-state index < -0.39 is 0 Å². The first-order valence-electron chi connectivity index (χ1n) is 9.35. The van der Waals surface area contributed by atoms with Gasteiger partial charge in [0, 0.05) is 29.9 Å². The highest BCUT2D eigenvalue weighted by Crippen LogP contribution is 2.43. The second-order valence-corrected chi connectivity index (χ2v) is 8.01. The van der Waals surface area contributed by atoms with Crippen molar-refractivity contribution in [1.29, 1.82) is 0 Å². The minimum atomic E-state index is -0.0108. The van der Waals surface area contributed by atoms with E-state index >= 15 is 0 Å². The number of rotatable bonds is 2. The number of hydrogen-bond donors (Lipinski definition) is 0. The maximum absolute atomic E-state index is 12.1. The van der Waals surface area contributed by atoms with Gasteiger partial charge in [-0.2, -0.15) is 5.10 Å². The quantitative estimate of drug-likeness (QED) is 0.742. The van der Waals surface area contributed by atoms with Crippen molar-refractivity contribution in [3.63, 3.8) is 0 Å². The Morgan fingerprint density at radius 2 is 2.16 bits per heavy atom. The van der Waals surface area contributed by atoms with Crippen LogP contribution in [0.15, 0.2) is 12.3 Å². The Hall–Kier alpha value is -1.39. The van der Waals surface area contributed by atoms with Gasteiger partial charge in [0.25, 0.3) is 0 Å². The number of carbonyl (C=O) groups excluding carboxylic acids is 1. The zero-order valence-corrected chi connectivity index (χ0v) is 15.7. The molecule has 0 spiro atoms. The molecular weight excluding hydrogens is 336 g/mol. The van der Waals surface area contributed by atoms with Crippen molar-refractivity contribution in [3.05, 3.63) is 28.4 Å². The van der Waals surface area contributed by atoms with Gasteiger partial charge in [0.2, 0.25) is 0 Å². The minimum Gasteiger partial charge on any atom is -0.356 e. The van der Waals surface area contributed by atoms with Crippen LogP contribution in [-0.4, -0.2) is 22.2 Å². The molecule has 2 aromatic rings. The highest BCUT2D eigenvalue weighted by atomic mass is 35.5. The Morgan fingerprint density at radius 3 is 2.92 bits per heavy atom. The number of ketones is 1. The predicted molar refractivity (Wildman–Crippen MR) is 99.1 cm³/mol. The van der Waals surface area contributed by atoms with Crippen LogP contribution in [0.1, 0.15) is 68.7 Å². The average Bonchev–Trinajstić information content (AvgIpc) is 3.02. The molecule has 1 aliphatic heterocycles. The molecule has 25 heavy (non-hydrogen) atoms. The summed E-state index contributed by atoms with van der Waals surface area (Å²) in [5, 5.41) is 6.53. The van der Waals surface area contributed by atoms with Crippen LogP contribution < -0.4 is 0 Å². The van der Waals surface area contributed by atoms with Crippen molar-refractivity contribution in [2.75, 3.05) is 6.61 Å². The lowest BCUT2D eigenvalue weighted by Gasteiger charge is -2.30. The van der Waals surface area contributed by atoms with Crippen LogP contribution in [0.5, 0.6) is 0 Å². The summed E-state index contributed by atoms with van der Waals surface area (Å²) in [6, 6.07) is 2.01. The largest absolute Gasteiger partial charge is 0.356 e. The van der Waals surface area contributed by atoms with Crippen LogP contribution in [0, 0.1) is 12.8 Å². The average molecular weight is 361 g/mol. The van der Waals surface area contributed by atoms with Crippen molar-refractivity contribution in [2.24, 2.45) is 5.92 Å². The molecule has 1 saturated carbocycles. The molecule has 134 valence electrons. The van der Waals surface area contributed by atoms with Gasteiger partial charge in [-0.15, -0.1) is 0 Å². The van der Waals surface area contributed by atoms with Crippen LogP contribution in [0.4, 0.5) is 0 Å². The summed E-state index contributed by atoms with van der Waals surface area (Å²) in [6.45, 7) is 5.10. The molecule has 5 heteroatoms. The van der Waals surface area contributed by atoms with Gasteiger partial charge in [-0.1, -0.05) is 18.5 Å². The lowest BCUT2D eigenvalue weighted by molar-refractivity contribution is -0.121. The van der Waals surface area contributed by atoms with Crippen molar-refractivity contribution >= 4 is 28.3 Å². The van der Waals surface area contributed by atoms with Gasteiger partial charge >= 0.3 is 0 Å². The van der Waals surface area contributed by atoms with E-state index in [4.69, 9.17) is 16.3 Å². The lowest BCUT2D eigenvalue weighted by Crippen LogP contribution is -2.22. The summed E-state index contributed by atoms with van der Waals surface area (Å²) >= 11 is 6.60. The molecule has 4 rings (SSSR count). The molecule has 1 aromatic heterocycles. The number of nitrogens with zero attached hydrogens (tertiary/aromatic N) is 2. The zero-order valence-electron chi connectivity index (χ0n) is 14.9.